The van der Waals surface area contributed by atoms with Crippen molar-refractivity contribution in [3.8, 4) is 0 Å². The smallest absolute Gasteiger partial charge is 0.276 e. The number of hydrogen-bond acceptors (Lipinski definition) is 3. The lowest BCUT2D eigenvalue weighted by Crippen LogP contribution is -1.97. The number of nitrogens with two attached hydrogens (primary N) is 1. The highest BCUT2D eigenvalue weighted by Gasteiger charge is 2.01. The highest BCUT2D eigenvalue weighted by molar-refractivity contribution is 5.23. The minimum Gasteiger partial charge on any atom is -0.380 e. The van der Waals surface area contributed by atoms with Gasteiger partial charge in [0.15, 0.2) is 5.82 Å². The summed E-state index contributed by atoms with van der Waals surface area (Å²) in [5.41, 5.74) is 5.06. The third-order valence-corrected chi connectivity index (χ3v) is 0.827. The van der Waals surface area contributed by atoms with Crippen LogP contribution in [-0.2, 0) is 7.05 Å². The van der Waals surface area contributed by atoms with Crippen molar-refractivity contribution in [1.29, 1.82) is 0 Å². The van der Waals surface area contributed by atoms with Gasteiger partial charge in [-0.3, -0.25) is 0 Å². The van der Waals surface area contributed by atoms with Gasteiger partial charge in [0.2, 0.25) is 0 Å². The SMILES string of the molecule is Cn1nnc(F)c1N. The predicted octanol–water partition coefficient (Wildman–Crippen LogP) is -0.464. The molecule has 0 atom stereocenters. The number of halogens is 1. The summed E-state index contributed by atoms with van der Waals surface area (Å²) in [6.45, 7) is 0. The summed E-state index contributed by atoms with van der Waals surface area (Å²) in [6, 6.07) is 0. The van der Waals surface area contributed by atoms with Crippen LogP contribution in [0.3, 0.4) is 0 Å². The van der Waals surface area contributed by atoms with Crippen molar-refractivity contribution in [3.63, 3.8) is 0 Å². The molecule has 1 aromatic heterocycles. The lowest BCUT2D eigenvalue weighted by Gasteiger charge is -1.85. The number of hydrogen-bond donors (Lipinski definition) is 1. The first-order chi connectivity index (χ1) is 3.72. The first kappa shape index (κ1) is 5.02. The van der Waals surface area contributed by atoms with Crippen LogP contribution in [0.5, 0.6) is 0 Å². The molecule has 2 N–H and O–H groups in total. The van der Waals surface area contributed by atoms with Crippen molar-refractivity contribution in [2.24, 2.45) is 7.05 Å². The quantitative estimate of drug-likeness (QED) is 0.498. The van der Waals surface area contributed by atoms with Crippen LogP contribution in [0.1, 0.15) is 0 Å². The van der Waals surface area contributed by atoms with Crippen LogP contribution in [0.25, 0.3) is 0 Å². The maximum atomic E-state index is 12.0. The van der Waals surface area contributed by atoms with Crippen molar-refractivity contribution in [3.05, 3.63) is 5.95 Å². The molecule has 1 aromatic rings. The van der Waals surface area contributed by atoms with Gasteiger partial charge in [-0.05, 0) is 0 Å². The molecule has 0 saturated carbocycles. The second kappa shape index (κ2) is 1.43. The molecule has 0 radical (unpaired) electrons. The van der Waals surface area contributed by atoms with Crippen molar-refractivity contribution in [1.82, 2.24) is 15.0 Å². The molecule has 0 aliphatic carbocycles. The minimum atomic E-state index is -0.715. The van der Waals surface area contributed by atoms with Crippen LogP contribution in [0.15, 0.2) is 0 Å². The molecular formula is C3H5FN4. The monoisotopic (exact) mass is 116 g/mol. The Labute approximate surface area is 45.1 Å². The Morgan fingerprint density at radius 2 is 2.38 bits per heavy atom. The van der Waals surface area contributed by atoms with Crippen molar-refractivity contribution in [2.75, 3.05) is 5.73 Å². The van der Waals surface area contributed by atoms with E-state index < -0.39 is 5.95 Å². The third-order valence-electron chi connectivity index (χ3n) is 0.827. The van der Waals surface area contributed by atoms with Crippen molar-refractivity contribution < 1.29 is 4.39 Å². The largest absolute Gasteiger partial charge is 0.380 e. The summed E-state index contributed by atoms with van der Waals surface area (Å²) in [4.78, 5) is 0. The standard InChI is InChI=1S/C3H5FN4/c1-8-3(5)2(4)6-7-8/h5H2,1H3. The van der Waals surface area contributed by atoms with Crippen molar-refractivity contribution in [2.45, 2.75) is 0 Å². The van der Waals surface area contributed by atoms with E-state index in [0.717, 1.165) is 4.68 Å². The van der Waals surface area contributed by atoms with Gasteiger partial charge in [0.25, 0.3) is 5.95 Å². The molecule has 5 heteroatoms. The maximum absolute atomic E-state index is 12.0. The first-order valence-electron chi connectivity index (χ1n) is 2.02. The van der Waals surface area contributed by atoms with Gasteiger partial charge in [-0.25, -0.2) is 4.68 Å². The molecule has 44 valence electrons. The molecule has 0 aromatic carbocycles. The van der Waals surface area contributed by atoms with Gasteiger partial charge in [-0.1, -0.05) is 10.3 Å². The van der Waals surface area contributed by atoms with Gasteiger partial charge in [0.1, 0.15) is 0 Å². The number of anilines is 1. The average Bonchev–Trinajstić information content (AvgIpc) is 1.98. The summed E-state index contributed by atoms with van der Waals surface area (Å²) in [7, 11) is 1.52. The third kappa shape index (κ3) is 0.518. The summed E-state index contributed by atoms with van der Waals surface area (Å²) in [5, 5.41) is 6.32. The molecule has 0 aliphatic rings. The molecule has 0 bridgehead atoms. The molecule has 0 aliphatic heterocycles. The molecule has 0 amide bonds. The molecule has 8 heavy (non-hydrogen) atoms. The van der Waals surface area contributed by atoms with E-state index in [1.165, 1.54) is 7.05 Å². The fourth-order valence-corrected chi connectivity index (χ4v) is 0.339. The molecule has 1 rings (SSSR count). The second-order valence-electron chi connectivity index (χ2n) is 1.39. The summed E-state index contributed by atoms with van der Waals surface area (Å²) in [5.74, 6) is -0.752. The van der Waals surface area contributed by atoms with Crippen LogP contribution in [0.4, 0.5) is 10.2 Å². The van der Waals surface area contributed by atoms with Crippen LogP contribution in [0, 0.1) is 5.95 Å². The van der Waals surface area contributed by atoms with E-state index in [9.17, 15) is 4.39 Å². The topological polar surface area (TPSA) is 56.7 Å². The van der Waals surface area contributed by atoms with Gasteiger partial charge in [0, 0.05) is 7.05 Å². The zero-order valence-corrected chi connectivity index (χ0v) is 4.30. The average molecular weight is 116 g/mol. The highest BCUT2D eigenvalue weighted by Crippen LogP contribution is 1.99. The van der Waals surface area contributed by atoms with E-state index in [-0.39, 0.29) is 5.82 Å². The van der Waals surface area contributed by atoms with Gasteiger partial charge in [-0.2, -0.15) is 4.39 Å². The molecule has 4 nitrogen and oxygen atoms in total. The van der Waals surface area contributed by atoms with Crippen LogP contribution < -0.4 is 5.73 Å². The van der Waals surface area contributed by atoms with E-state index in [0.29, 0.717) is 0 Å². The van der Waals surface area contributed by atoms with E-state index in [4.69, 9.17) is 5.73 Å². The Hall–Kier alpha value is -1.13. The molecular weight excluding hydrogens is 111 g/mol. The first-order valence-corrected chi connectivity index (χ1v) is 2.02. The van der Waals surface area contributed by atoms with Crippen LogP contribution >= 0.6 is 0 Å². The van der Waals surface area contributed by atoms with E-state index in [1.807, 2.05) is 0 Å². The number of rotatable bonds is 0. The number of aromatic nitrogens is 3. The summed E-state index contributed by atoms with van der Waals surface area (Å²) >= 11 is 0. The van der Waals surface area contributed by atoms with E-state index >= 15 is 0 Å². The lowest BCUT2D eigenvalue weighted by molar-refractivity contribution is 0.581. The van der Waals surface area contributed by atoms with Gasteiger partial charge in [0.05, 0.1) is 0 Å². The Morgan fingerprint density at radius 1 is 1.75 bits per heavy atom. The molecule has 0 spiro atoms. The molecule has 0 fully saturated rings. The lowest BCUT2D eigenvalue weighted by atomic mass is 10.7. The van der Waals surface area contributed by atoms with E-state index in [2.05, 4.69) is 10.3 Å². The Kier molecular flexibility index (Phi) is 0.896. The number of nitrogen functional groups attached to an aromatic ring is 1. The Bertz CT molecular complexity index is 174. The Morgan fingerprint density at radius 3 is 2.50 bits per heavy atom. The van der Waals surface area contributed by atoms with E-state index in [1.54, 1.807) is 0 Å². The van der Waals surface area contributed by atoms with Gasteiger partial charge in [-0.15, -0.1) is 0 Å². The minimum absolute atomic E-state index is 0.0370. The summed E-state index contributed by atoms with van der Waals surface area (Å²) < 4.78 is 13.2. The molecule has 1 heterocycles. The number of aryl methyl sites for hydroxylation is 1. The summed E-state index contributed by atoms with van der Waals surface area (Å²) in [6.07, 6.45) is 0. The normalized spacial score (nSPS) is 9.75. The van der Waals surface area contributed by atoms with Crippen LogP contribution in [-0.4, -0.2) is 15.0 Å². The zero-order chi connectivity index (χ0) is 6.15. The second-order valence-corrected chi connectivity index (χ2v) is 1.39. The fourth-order valence-electron chi connectivity index (χ4n) is 0.339. The maximum Gasteiger partial charge on any atom is 0.276 e. The van der Waals surface area contributed by atoms with Gasteiger partial charge < -0.3 is 5.73 Å². The van der Waals surface area contributed by atoms with Crippen LogP contribution in [0.2, 0.25) is 0 Å². The molecule has 0 unspecified atom stereocenters. The Balaban J connectivity index is 3.19. The number of nitrogens with zero attached hydrogens (tertiary/aromatic N) is 3. The predicted molar refractivity (Wildman–Crippen MR) is 25.4 cm³/mol. The highest BCUT2D eigenvalue weighted by atomic mass is 19.1. The molecule has 0 saturated heterocycles. The zero-order valence-electron chi connectivity index (χ0n) is 4.30. The van der Waals surface area contributed by atoms with Gasteiger partial charge >= 0.3 is 0 Å². The fraction of sp³-hybridized carbons (Fsp3) is 0.333. The van der Waals surface area contributed by atoms with Crippen molar-refractivity contribution >= 4 is 5.82 Å².